The summed E-state index contributed by atoms with van der Waals surface area (Å²) in [7, 11) is 0. The van der Waals surface area contributed by atoms with Crippen molar-refractivity contribution in [2.24, 2.45) is 0 Å². The summed E-state index contributed by atoms with van der Waals surface area (Å²) in [6, 6.07) is 1.85. The summed E-state index contributed by atoms with van der Waals surface area (Å²) < 4.78 is 0. The second-order valence-electron chi connectivity index (χ2n) is 2.63. The predicted octanol–water partition coefficient (Wildman–Crippen LogP) is 2.03. The van der Waals surface area contributed by atoms with Crippen molar-refractivity contribution in [1.82, 2.24) is 15.0 Å². The smallest absolute Gasteiger partial charge is 0.190 e. The third-order valence-corrected chi connectivity index (χ3v) is 2.41. The normalized spacial score (nSPS) is 10.1. The second-order valence-corrected chi connectivity index (χ2v) is 3.53. The van der Waals surface area contributed by atoms with Gasteiger partial charge in [0.25, 0.3) is 0 Å². The number of hydrogen-bond donors (Lipinski definition) is 1. The number of anilines is 1. The molecule has 72 valence electrons. The van der Waals surface area contributed by atoms with Crippen LogP contribution in [0, 0.1) is 0 Å². The molecule has 2 aromatic rings. The number of nitrogens with zero attached hydrogens (tertiary/aromatic N) is 3. The lowest BCUT2D eigenvalue weighted by molar-refractivity contribution is 1.11. The highest BCUT2D eigenvalue weighted by Crippen LogP contribution is 2.17. The highest BCUT2D eigenvalue weighted by molar-refractivity contribution is 7.12. The van der Waals surface area contributed by atoms with E-state index in [2.05, 4.69) is 20.3 Å². The predicted molar refractivity (Wildman–Crippen MR) is 57.3 cm³/mol. The highest BCUT2D eigenvalue weighted by atomic mass is 32.1. The van der Waals surface area contributed by atoms with Gasteiger partial charge in [0.15, 0.2) is 10.8 Å². The first-order chi connectivity index (χ1) is 6.90. The number of thiazole rings is 1. The standard InChI is InChI=1S/C9H10N4S/c1-2-10-7-3-4-11-8(13-7)9-12-5-6-14-9/h3-6H,2H2,1H3,(H,10,11,13). The van der Waals surface area contributed by atoms with E-state index in [1.54, 1.807) is 12.4 Å². The molecule has 1 N–H and O–H groups in total. The van der Waals surface area contributed by atoms with Crippen molar-refractivity contribution in [2.45, 2.75) is 6.92 Å². The fourth-order valence-electron chi connectivity index (χ4n) is 1.08. The Morgan fingerprint density at radius 3 is 3.00 bits per heavy atom. The van der Waals surface area contributed by atoms with Crippen LogP contribution in [-0.4, -0.2) is 21.5 Å². The average molecular weight is 206 g/mol. The van der Waals surface area contributed by atoms with Gasteiger partial charge in [-0.15, -0.1) is 11.3 Å². The Labute approximate surface area is 86.1 Å². The molecule has 0 unspecified atom stereocenters. The van der Waals surface area contributed by atoms with Crippen molar-refractivity contribution in [3.63, 3.8) is 0 Å². The molecule has 2 aromatic heterocycles. The van der Waals surface area contributed by atoms with Crippen LogP contribution in [0.2, 0.25) is 0 Å². The molecule has 0 aromatic carbocycles. The Morgan fingerprint density at radius 1 is 1.36 bits per heavy atom. The van der Waals surface area contributed by atoms with Gasteiger partial charge in [0.1, 0.15) is 5.82 Å². The Bertz CT molecular complexity index is 399. The molecule has 0 spiro atoms. The maximum Gasteiger partial charge on any atom is 0.190 e. The minimum atomic E-state index is 0.679. The van der Waals surface area contributed by atoms with E-state index in [1.165, 1.54) is 11.3 Å². The minimum Gasteiger partial charge on any atom is -0.370 e. The van der Waals surface area contributed by atoms with E-state index in [9.17, 15) is 0 Å². The molecular formula is C9H10N4S. The van der Waals surface area contributed by atoms with Gasteiger partial charge in [-0.3, -0.25) is 0 Å². The molecule has 14 heavy (non-hydrogen) atoms. The molecule has 2 heterocycles. The van der Waals surface area contributed by atoms with Crippen molar-refractivity contribution < 1.29 is 0 Å². The third kappa shape index (κ3) is 1.88. The van der Waals surface area contributed by atoms with E-state index in [0.717, 1.165) is 17.4 Å². The first-order valence-corrected chi connectivity index (χ1v) is 5.25. The molecule has 0 amide bonds. The molecule has 5 heteroatoms. The summed E-state index contributed by atoms with van der Waals surface area (Å²) in [4.78, 5) is 12.6. The van der Waals surface area contributed by atoms with E-state index in [-0.39, 0.29) is 0 Å². The summed E-state index contributed by atoms with van der Waals surface area (Å²) in [5.41, 5.74) is 0. The zero-order valence-electron chi connectivity index (χ0n) is 7.77. The minimum absolute atomic E-state index is 0.679. The first-order valence-electron chi connectivity index (χ1n) is 4.37. The lowest BCUT2D eigenvalue weighted by Crippen LogP contribution is -2.00. The molecule has 0 aliphatic heterocycles. The van der Waals surface area contributed by atoms with Gasteiger partial charge in [0.05, 0.1) is 0 Å². The first kappa shape index (κ1) is 9.08. The van der Waals surface area contributed by atoms with Gasteiger partial charge >= 0.3 is 0 Å². The van der Waals surface area contributed by atoms with Crippen LogP contribution in [0.25, 0.3) is 10.8 Å². The number of aromatic nitrogens is 3. The van der Waals surface area contributed by atoms with Crippen molar-refractivity contribution in [3.05, 3.63) is 23.8 Å². The Morgan fingerprint density at radius 2 is 2.29 bits per heavy atom. The maximum absolute atomic E-state index is 4.33. The summed E-state index contributed by atoms with van der Waals surface area (Å²) in [5.74, 6) is 1.52. The van der Waals surface area contributed by atoms with Gasteiger partial charge in [-0.1, -0.05) is 0 Å². The van der Waals surface area contributed by atoms with E-state index in [0.29, 0.717) is 5.82 Å². The number of rotatable bonds is 3. The fourth-order valence-corrected chi connectivity index (χ4v) is 1.65. The van der Waals surface area contributed by atoms with E-state index < -0.39 is 0 Å². The zero-order valence-corrected chi connectivity index (χ0v) is 8.58. The van der Waals surface area contributed by atoms with Crippen LogP contribution in [0.5, 0.6) is 0 Å². The third-order valence-electron chi connectivity index (χ3n) is 1.64. The molecule has 0 atom stereocenters. The molecule has 0 saturated carbocycles. The molecule has 0 bridgehead atoms. The lowest BCUT2D eigenvalue weighted by Gasteiger charge is -2.01. The molecule has 2 rings (SSSR count). The SMILES string of the molecule is CCNc1ccnc(-c2nccs2)n1. The van der Waals surface area contributed by atoms with Crippen molar-refractivity contribution in [2.75, 3.05) is 11.9 Å². The van der Waals surface area contributed by atoms with Crippen molar-refractivity contribution >= 4 is 17.2 Å². The molecule has 0 aliphatic rings. The zero-order chi connectivity index (χ0) is 9.80. The molecular weight excluding hydrogens is 196 g/mol. The summed E-state index contributed by atoms with van der Waals surface area (Å²) in [5, 5.41) is 5.90. The number of nitrogens with one attached hydrogen (secondary N) is 1. The molecule has 0 saturated heterocycles. The van der Waals surface area contributed by atoms with Crippen LogP contribution in [0.4, 0.5) is 5.82 Å². The Balaban J connectivity index is 2.31. The molecule has 0 aliphatic carbocycles. The van der Waals surface area contributed by atoms with Crippen molar-refractivity contribution in [3.8, 4) is 10.8 Å². The lowest BCUT2D eigenvalue weighted by atomic mass is 10.5. The van der Waals surface area contributed by atoms with Crippen molar-refractivity contribution in [1.29, 1.82) is 0 Å². The average Bonchev–Trinajstić information content (AvgIpc) is 2.71. The van der Waals surface area contributed by atoms with Gasteiger partial charge < -0.3 is 5.32 Å². The van der Waals surface area contributed by atoms with Gasteiger partial charge in [-0.05, 0) is 13.0 Å². The van der Waals surface area contributed by atoms with Crippen LogP contribution >= 0.6 is 11.3 Å². The van der Waals surface area contributed by atoms with Crippen LogP contribution in [-0.2, 0) is 0 Å². The quantitative estimate of drug-likeness (QED) is 0.834. The van der Waals surface area contributed by atoms with Crippen LogP contribution < -0.4 is 5.32 Å². The molecule has 0 radical (unpaired) electrons. The maximum atomic E-state index is 4.33. The fraction of sp³-hybridized carbons (Fsp3) is 0.222. The largest absolute Gasteiger partial charge is 0.370 e. The van der Waals surface area contributed by atoms with Crippen LogP contribution in [0.3, 0.4) is 0 Å². The Kier molecular flexibility index (Phi) is 2.69. The van der Waals surface area contributed by atoms with Gasteiger partial charge in [-0.2, -0.15) is 0 Å². The molecule has 4 nitrogen and oxygen atoms in total. The topological polar surface area (TPSA) is 50.7 Å². The van der Waals surface area contributed by atoms with E-state index >= 15 is 0 Å². The monoisotopic (exact) mass is 206 g/mol. The van der Waals surface area contributed by atoms with Gasteiger partial charge in [0, 0.05) is 24.3 Å². The van der Waals surface area contributed by atoms with Gasteiger partial charge in [-0.25, -0.2) is 15.0 Å². The second kappa shape index (κ2) is 4.15. The molecule has 0 fully saturated rings. The van der Waals surface area contributed by atoms with Crippen LogP contribution in [0.1, 0.15) is 6.92 Å². The Hall–Kier alpha value is -1.49. The van der Waals surface area contributed by atoms with E-state index in [1.807, 2.05) is 18.4 Å². The highest BCUT2D eigenvalue weighted by Gasteiger charge is 2.03. The number of hydrogen-bond acceptors (Lipinski definition) is 5. The summed E-state index contributed by atoms with van der Waals surface area (Å²) in [6.07, 6.45) is 3.49. The van der Waals surface area contributed by atoms with Gasteiger partial charge in [0.2, 0.25) is 0 Å². The summed E-state index contributed by atoms with van der Waals surface area (Å²) >= 11 is 1.54. The van der Waals surface area contributed by atoms with Crippen LogP contribution in [0.15, 0.2) is 23.8 Å². The van der Waals surface area contributed by atoms with E-state index in [4.69, 9.17) is 0 Å². The summed E-state index contributed by atoms with van der Waals surface area (Å²) in [6.45, 7) is 2.89.